The van der Waals surface area contributed by atoms with E-state index < -0.39 is 36.1 Å². The average molecular weight is 315 g/mol. The summed E-state index contributed by atoms with van der Waals surface area (Å²) in [5.41, 5.74) is -1.31. The van der Waals surface area contributed by atoms with Gasteiger partial charge in [0.05, 0.1) is 5.69 Å². The fourth-order valence-electron chi connectivity index (χ4n) is 1.62. The predicted octanol–water partition coefficient (Wildman–Crippen LogP) is 2.80. The van der Waals surface area contributed by atoms with Gasteiger partial charge in [-0.25, -0.2) is 14.4 Å². The van der Waals surface area contributed by atoms with Gasteiger partial charge in [0.15, 0.2) is 5.69 Å². The van der Waals surface area contributed by atoms with Crippen molar-refractivity contribution in [3.05, 3.63) is 41.8 Å². The highest BCUT2D eigenvalue weighted by Gasteiger charge is 2.33. The molecule has 2 aromatic rings. The quantitative estimate of drug-likeness (QED) is 0.849. The number of hydrogen-bond donors (Lipinski definition) is 2. The van der Waals surface area contributed by atoms with Crippen LogP contribution in [0.4, 0.5) is 23.5 Å². The average Bonchev–Trinajstić information content (AvgIpc) is 2.44. The van der Waals surface area contributed by atoms with E-state index in [9.17, 15) is 22.4 Å². The number of carbonyl (C=O) groups is 1. The molecule has 1 aromatic heterocycles. The lowest BCUT2D eigenvalue weighted by molar-refractivity contribution is -0.141. The first-order valence-electron chi connectivity index (χ1n) is 5.93. The molecule has 0 unspecified atom stereocenters. The van der Waals surface area contributed by atoms with E-state index in [2.05, 4.69) is 15.3 Å². The van der Waals surface area contributed by atoms with Crippen molar-refractivity contribution in [1.29, 1.82) is 0 Å². The zero-order valence-corrected chi connectivity index (χ0v) is 10.9. The molecule has 22 heavy (non-hydrogen) atoms. The highest BCUT2D eigenvalue weighted by molar-refractivity contribution is 5.72. The summed E-state index contributed by atoms with van der Waals surface area (Å²) in [6.45, 7) is -0.649. The van der Waals surface area contributed by atoms with E-state index in [1.165, 1.54) is 12.1 Å². The molecular weight excluding hydrogens is 306 g/mol. The van der Waals surface area contributed by atoms with E-state index in [0.717, 1.165) is 12.1 Å². The van der Waals surface area contributed by atoms with Crippen LogP contribution in [-0.4, -0.2) is 27.6 Å². The Morgan fingerprint density at radius 3 is 2.55 bits per heavy atom. The first-order valence-corrected chi connectivity index (χ1v) is 5.93. The molecule has 2 N–H and O–H groups in total. The lowest BCUT2D eigenvalue weighted by Crippen LogP contribution is -2.17. The van der Waals surface area contributed by atoms with Crippen LogP contribution >= 0.6 is 0 Å². The zero-order chi connectivity index (χ0) is 16.3. The van der Waals surface area contributed by atoms with Gasteiger partial charge in [-0.05, 0) is 18.2 Å². The SMILES string of the molecule is O=C(O)CNc1nc(-c2cccc(F)c2)cc(C(F)(F)F)n1. The largest absolute Gasteiger partial charge is 0.480 e. The van der Waals surface area contributed by atoms with Gasteiger partial charge in [0, 0.05) is 5.56 Å². The number of carboxylic acids is 1. The van der Waals surface area contributed by atoms with E-state index in [0.29, 0.717) is 6.07 Å². The minimum absolute atomic E-state index is 0.117. The maximum Gasteiger partial charge on any atom is 0.433 e. The van der Waals surface area contributed by atoms with E-state index in [-0.39, 0.29) is 11.3 Å². The van der Waals surface area contributed by atoms with Crippen LogP contribution in [0.2, 0.25) is 0 Å². The summed E-state index contributed by atoms with van der Waals surface area (Å²) in [5, 5.41) is 10.7. The second-order valence-electron chi connectivity index (χ2n) is 4.22. The van der Waals surface area contributed by atoms with Gasteiger partial charge < -0.3 is 10.4 Å². The van der Waals surface area contributed by atoms with Gasteiger partial charge in [0.1, 0.15) is 12.4 Å². The van der Waals surface area contributed by atoms with Crippen LogP contribution in [-0.2, 0) is 11.0 Å². The molecule has 2 rings (SSSR count). The predicted molar refractivity (Wildman–Crippen MR) is 68.6 cm³/mol. The Morgan fingerprint density at radius 1 is 1.23 bits per heavy atom. The maximum atomic E-state index is 13.2. The minimum Gasteiger partial charge on any atom is -0.480 e. The summed E-state index contributed by atoms with van der Waals surface area (Å²) in [5.74, 6) is -2.42. The van der Waals surface area contributed by atoms with Crippen molar-refractivity contribution in [2.24, 2.45) is 0 Å². The van der Waals surface area contributed by atoms with Gasteiger partial charge in [-0.3, -0.25) is 4.79 Å². The van der Waals surface area contributed by atoms with Gasteiger partial charge in [-0.2, -0.15) is 13.2 Å². The molecule has 1 heterocycles. The molecule has 0 aliphatic carbocycles. The molecule has 0 aliphatic rings. The summed E-state index contributed by atoms with van der Waals surface area (Å²) in [6, 6.07) is 5.53. The van der Waals surface area contributed by atoms with Crippen LogP contribution in [0.3, 0.4) is 0 Å². The Morgan fingerprint density at radius 2 is 1.95 bits per heavy atom. The molecule has 0 aliphatic heterocycles. The molecule has 0 bridgehead atoms. The van der Waals surface area contributed by atoms with Crippen molar-refractivity contribution in [3.63, 3.8) is 0 Å². The number of alkyl halides is 3. The fraction of sp³-hybridized carbons (Fsp3) is 0.154. The van der Waals surface area contributed by atoms with Crippen molar-refractivity contribution in [2.45, 2.75) is 6.18 Å². The summed E-state index contributed by atoms with van der Waals surface area (Å²) >= 11 is 0. The van der Waals surface area contributed by atoms with Gasteiger partial charge in [0.25, 0.3) is 0 Å². The molecule has 0 spiro atoms. The molecule has 0 radical (unpaired) electrons. The van der Waals surface area contributed by atoms with Crippen molar-refractivity contribution >= 4 is 11.9 Å². The number of rotatable bonds is 4. The molecule has 0 saturated heterocycles. The fourth-order valence-corrected chi connectivity index (χ4v) is 1.62. The summed E-state index contributed by atoms with van der Waals surface area (Å²) in [6.07, 6.45) is -4.75. The van der Waals surface area contributed by atoms with Crippen molar-refractivity contribution in [3.8, 4) is 11.3 Å². The van der Waals surface area contributed by atoms with E-state index in [1.807, 2.05) is 0 Å². The Kier molecular flexibility index (Phi) is 4.25. The highest BCUT2D eigenvalue weighted by atomic mass is 19.4. The van der Waals surface area contributed by atoms with Crippen LogP contribution in [0.5, 0.6) is 0 Å². The minimum atomic E-state index is -4.75. The highest BCUT2D eigenvalue weighted by Crippen LogP contribution is 2.31. The Balaban J connectivity index is 2.48. The molecule has 1 aromatic carbocycles. The summed E-state index contributed by atoms with van der Waals surface area (Å²) in [4.78, 5) is 17.5. The molecule has 9 heteroatoms. The molecule has 5 nitrogen and oxygen atoms in total. The van der Waals surface area contributed by atoms with Gasteiger partial charge >= 0.3 is 12.1 Å². The number of hydrogen-bond acceptors (Lipinski definition) is 4. The van der Waals surface area contributed by atoms with Crippen LogP contribution < -0.4 is 5.32 Å². The summed E-state index contributed by atoms with van der Waals surface area (Å²) in [7, 11) is 0. The zero-order valence-electron chi connectivity index (χ0n) is 10.9. The standard InChI is InChI=1S/C13H9F4N3O2/c14-8-3-1-2-7(4-8)9-5-10(13(15,16)17)20-12(19-9)18-6-11(21)22/h1-5H,6H2,(H,21,22)(H,18,19,20). The summed E-state index contributed by atoms with van der Waals surface area (Å²) < 4.78 is 51.7. The molecule has 0 fully saturated rings. The maximum absolute atomic E-state index is 13.2. The number of benzene rings is 1. The number of nitrogens with zero attached hydrogens (tertiary/aromatic N) is 2. The number of carboxylic acid groups (broad SMARTS) is 1. The normalized spacial score (nSPS) is 11.3. The van der Waals surface area contributed by atoms with Gasteiger partial charge in [0.2, 0.25) is 5.95 Å². The number of aromatic nitrogens is 2. The molecule has 0 amide bonds. The van der Waals surface area contributed by atoms with Gasteiger partial charge in [-0.1, -0.05) is 12.1 Å². The van der Waals surface area contributed by atoms with Crippen LogP contribution in [0.25, 0.3) is 11.3 Å². The van der Waals surface area contributed by atoms with E-state index in [4.69, 9.17) is 5.11 Å². The lowest BCUT2D eigenvalue weighted by Gasteiger charge is -2.11. The molecule has 0 atom stereocenters. The third-order valence-electron chi connectivity index (χ3n) is 2.53. The van der Waals surface area contributed by atoms with Crippen LogP contribution in [0, 0.1) is 5.82 Å². The van der Waals surface area contributed by atoms with Crippen molar-refractivity contribution < 1.29 is 27.5 Å². The Hall–Kier alpha value is -2.71. The van der Waals surface area contributed by atoms with E-state index in [1.54, 1.807) is 0 Å². The topological polar surface area (TPSA) is 75.1 Å². The number of halogens is 4. The first-order chi connectivity index (χ1) is 10.3. The van der Waals surface area contributed by atoms with E-state index >= 15 is 0 Å². The third kappa shape index (κ3) is 3.90. The van der Waals surface area contributed by atoms with Crippen LogP contribution in [0.1, 0.15) is 5.69 Å². The molecule has 116 valence electrons. The third-order valence-corrected chi connectivity index (χ3v) is 2.53. The smallest absolute Gasteiger partial charge is 0.433 e. The van der Waals surface area contributed by atoms with Crippen molar-refractivity contribution in [1.82, 2.24) is 9.97 Å². The lowest BCUT2D eigenvalue weighted by atomic mass is 10.1. The molecular formula is C13H9F4N3O2. The molecule has 0 saturated carbocycles. The van der Waals surface area contributed by atoms with Gasteiger partial charge in [-0.15, -0.1) is 0 Å². The van der Waals surface area contributed by atoms with Crippen LogP contribution in [0.15, 0.2) is 30.3 Å². The Bertz CT molecular complexity index is 704. The monoisotopic (exact) mass is 315 g/mol. The second kappa shape index (κ2) is 5.96. The second-order valence-corrected chi connectivity index (χ2v) is 4.22. The number of anilines is 1. The van der Waals surface area contributed by atoms with Crippen molar-refractivity contribution in [2.75, 3.05) is 11.9 Å². The first kappa shape index (κ1) is 15.7. The number of nitrogens with one attached hydrogen (secondary N) is 1. The number of aliphatic carboxylic acids is 1. The Labute approximate surface area is 121 Å².